The average molecular weight is 224 g/mol. The van der Waals surface area contributed by atoms with Crippen LogP contribution in [-0.4, -0.2) is 5.60 Å². The normalized spacial score (nSPS) is 19.2. The highest BCUT2D eigenvalue weighted by molar-refractivity contribution is 4.92. The second-order valence-corrected chi connectivity index (χ2v) is 5.26. The maximum Gasteiger partial charge on any atom is 0.111 e. The van der Waals surface area contributed by atoms with E-state index in [1.54, 1.807) is 0 Å². The average Bonchev–Trinajstić information content (AvgIpc) is 2.54. The first-order valence-electron chi connectivity index (χ1n) is 6.99. The highest BCUT2D eigenvalue weighted by atomic mass is 16.5. The smallest absolute Gasteiger partial charge is 0.111 e. The lowest BCUT2D eigenvalue weighted by atomic mass is 9.78. The van der Waals surface area contributed by atoms with E-state index in [0.29, 0.717) is 0 Å². The van der Waals surface area contributed by atoms with Gasteiger partial charge in [0.25, 0.3) is 0 Å². The van der Waals surface area contributed by atoms with Gasteiger partial charge in [-0.1, -0.05) is 46.1 Å². The molecule has 0 amide bonds. The van der Waals surface area contributed by atoms with Gasteiger partial charge < -0.3 is 4.74 Å². The Morgan fingerprint density at radius 3 is 2.00 bits per heavy atom. The molecule has 0 saturated heterocycles. The van der Waals surface area contributed by atoms with Gasteiger partial charge in [-0.3, -0.25) is 0 Å². The maximum absolute atomic E-state index is 6.14. The molecule has 1 heteroatoms. The lowest BCUT2D eigenvalue weighted by Crippen LogP contribution is -2.39. The SMILES string of the molecule is C=C(C)OC(CC)(CC)C1CCCCCC1. The zero-order chi connectivity index (χ0) is 12.0. The van der Waals surface area contributed by atoms with Crippen molar-refractivity contribution in [3.05, 3.63) is 12.3 Å². The summed E-state index contributed by atoms with van der Waals surface area (Å²) < 4.78 is 6.14. The molecule has 0 atom stereocenters. The summed E-state index contributed by atoms with van der Waals surface area (Å²) in [6, 6.07) is 0. The number of hydrogen-bond donors (Lipinski definition) is 0. The summed E-state index contributed by atoms with van der Waals surface area (Å²) in [5, 5.41) is 0. The Morgan fingerprint density at radius 1 is 1.12 bits per heavy atom. The van der Waals surface area contributed by atoms with Gasteiger partial charge in [-0.05, 0) is 38.5 Å². The van der Waals surface area contributed by atoms with Crippen LogP contribution in [-0.2, 0) is 4.74 Å². The Kier molecular flexibility index (Phi) is 5.37. The topological polar surface area (TPSA) is 9.23 Å². The second-order valence-electron chi connectivity index (χ2n) is 5.26. The van der Waals surface area contributed by atoms with Gasteiger partial charge in [-0.2, -0.15) is 0 Å². The minimum atomic E-state index is 0.0656. The molecule has 0 aromatic heterocycles. The van der Waals surface area contributed by atoms with E-state index in [1.165, 1.54) is 38.5 Å². The van der Waals surface area contributed by atoms with Gasteiger partial charge in [-0.25, -0.2) is 0 Å². The zero-order valence-electron chi connectivity index (χ0n) is 11.3. The Balaban J connectivity index is 2.76. The third-order valence-corrected chi connectivity index (χ3v) is 4.17. The highest BCUT2D eigenvalue weighted by Crippen LogP contribution is 2.39. The van der Waals surface area contributed by atoms with Crippen molar-refractivity contribution in [2.24, 2.45) is 5.92 Å². The van der Waals surface area contributed by atoms with E-state index in [4.69, 9.17) is 4.74 Å². The molecule has 0 aliphatic heterocycles. The van der Waals surface area contributed by atoms with Crippen LogP contribution in [0.1, 0.15) is 72.1 Å². The summed E-state index contributed by atoms with van der Waals surface area (Å²) in [5.74, 6) is 1.62. The van der Waals surface area contributed by atoms with Crippen molar-refractivity contribution in [3.8, 4) is 0 Å². The van der Waals surface area contributed by atoms with Crippen molar-refractivity contribution in [2.45, 2.75) is 77.7 Å². The summed E-state index contributed by atoms with van der Waals surface area (Å²) >= 11 is 0. The van der Waals surface area contributed by atoms with Crippen molar-refractivity contribution in [2.75, 3.05) is 0 Å². The third-order valence-electron chi connectivity index (χ3n) is 4.17. The van der Waals surface area contributed by atoms with Gasteiger partial charge in [0.15, 0.2) is 0 Å². The van der Waals surface area contributed by atoms with Crippen LogP contribution < -0.4 is 0 Å². The predicted octanol–water partition coefficient (Wildman–Crippen LogP) is 5.07. The summed E-state index contributed by atoms with van der Waals surface area (Å²) in [6.07, 6.45) is 10.5. The lowest BCUT2D eigenvalue weighted by molar-refractivity contribution is -0.0584. The maximum atomic E-state index is 6.14. The van der Waals surface area contributed by atoms with Crippen LogP contribution in [0.3, 0.4) is 0 Å². The monoisotopic (exact) mass is 224 g/mol. The summed E-state index contributed by atoms with van der Waals surface area (Å²) in [5.41, 5.74) is 0.0656. The second kappa shape index (κ2) is 6.32. The van der Waals surface area contributed by atoms with E-state index in [2.05, 4.69) is 20.4 Å². The summed E-state index contributed by atoms with van der Waals surface area (Å²) in [7, 11) is 0. The van der Waals surface area contributed by atoms with Crippen LogP contribution in [0.2, 0.25) is 0 Å². The van der Waals surface area contributed by atoms with Crippen LogP contribution in [0.15, 0.2) is 12.3 Å². The molecule has 16 heavy (non-hydrogen) atoms. The molecular weight excluding hydrogens is 196 g/mol. The minimum absolute atomic E-state index is 0.0656. The fraction of sp³-hybridized carbons (Fsp3) is 0.867. The third kappa shape index (κ3) is 3.26. The van der Waals surface area contributed by atoms with E-state index in [-0.39, 0.29) is 5.60 Å². The first kappa shape index (κ1) is 13.6. The molecule has 1 aliphatic carbocycles. The van der Waals surface area contributed by atoms with Crippen LogP contribution in [0.4, 0.5) is 0 Å². The number of rotatable bonds is 5. The Morgan fingerprint density at radius 2 is 1.62 bits per heavy atom. The zero-order valence-corrected chi connectivity index (χ0v) is 11.3. The van der Waals surface area contributed by atoms with Gasteiger partial charge in [0.2, 0.25) is 0 Å². The predicted molar refractivity (Wildman–Crippen MR) is 70.4 cm³/mol. The van der Waals surface area contributed by atoms with Crippen molar-refractivity contribution < 1.29 is 4.74 Å². The standard InChI is InChI=1S/C15H28O/c1-5-15(6-2,16-13(3)4)14-11-9-7-8-10-12-14/h14H,3,5-12H2,1-2,4H3. The van der Waals surface area contributed by atoms with Crippen molar-refractivity contribution in [1.29, 1.82) is 0 Å². The summed E-state index contributed by atoms with van der Waals surface area (Å²) in [6.45, 7) is 10.4. The van der Waals surface area contributed by atoms with Gasteiger partial charge in [0.1, 0.15) is 5.60 Å². The van der Waals surface area contributed by atoms with Crippen molar-refractivity contribution in [1.82, 2.24) is 0 Å². The molecular formula is C15H28O. The van der Waals surface area contributed by atoms with E-state index in [1.807, 2.05) is 6.92 Å². The molecule has 0 unspecified atom stereocenters. The fourth-order valence-corrected chi connectivity index (χ4v) is 3.21. The van der Waals surface area contributed by atoms with Gasteiger partial charge in [-0.15, -0.1) is 0 Å². The number of allylic oxidation sites excluding steroid dienone is 1. The van der Waals surface area contributed by atoms with E-state index < -0.39 is 0 Å². The van der Waals surface area contributed by atoms with Crippen molar-refractivity contribution >= 4 is 0 Å². The van der Waals surface area contributed by atoms with Gasteiger partial charge in [0.05, 0.1) is 5.76 Å². The first-order valence-corrected chi connectivity index (χ1v) is 6.99. The molecule has 1 aliphatic rings. The first-order chi connectivity index (χ1) is 7.64. The quantitative estimate of drug-likeness (QED) is 0.468. The molecule has 0 aromatic rings. The molecule has 1 nitrogen and oxygen atoms in total. The molecule has 0 spiro atoms. The fourth-order valence-electron chi connectivity index (χ4n) is 3.21. The van der Waals surface area contributed by atoms with E-state index in [9.17, 15) is 0 Å². The van der Waals surface area contributed by atoms with Crippen LogP contribution in [0.5, 0.6) is 0 Å². The molecule has 0 bridgehead atoms. The van der Waals surface area contributed by atoms with Gasteiger partial charge in [0, 0.05) is 0 Å². The van der Waals surface area contributed by atoms with Gasteiger partial charge >= 0.3 is 0 Å². The molecule has 1 fully saturated rings. The van der Waals surface area contributed by atoms with E-state index >= 15 is 0 Å². The summed E-state index contributed by atoms with van der Waals surface area (Å²) in [4.78, 5) is 0. The molecule has 1 rings (SSSR count). The highest BCUT2D eigenvalue weighted by Gasteiger charge is 2.37. The Labute approximate surface area is 101 Å². The van der Waals surface area contributed by atoms with Crippen LogP contribution in [0.25, 0.3) is 0 Å². The van der Waals surface area contributed by atoms with Crippen LogP contribution in [0, 0.1) is 5.92 Å². The van der Waals surface area contributed by atoms with Crippen LogP contribution >= 0.6 is 0 Å². The number of ether oxygens (including phenoxy) is 1. The minimum Gasteiger partial charge on any atom is -0.492 e. The Hall–Kier alpha value is -0.460. The molecule has 1 saturated carbocycles. The van der Waals surface area contributed by atoms with Crippen molar-refractivity contribution in [3.63, 3.8) is 0 Å². The lowest BCUT2D eigenvalue weighted by Gasteiger charge is -2.40. The number of hydrogen-bond acceptors (Lipinski definition) is 1. The Bertz CT molecular complexity index is 207. The molecule has 94 valence electrons. The molecule has 0 N–H and O–H groups in total. The largest absolute Gasteiger partial charge is 0.492 e. The molecule has 0 aromatic carbocycles. The van der Waals surface area contributed by atoms with E-state index in [0.717, 1.165) is 24.5 Å². The molecule has 0 heterocycles. The molecule has 0 radical (unpaired) electrons.